The minimum Gasteiger partial charge on any atom is -0.375 e. The SMILES string of the molecule is NC(=O)NC(=O)CNc1ccc(F)cc1Cl. The van der Waals surface area contributed by atoms with Gasteiger partial charge in [0, 0.05) is 0 Å². The summed E-state index contributed by atoms with van der Waals surface area (Å²) in [6.07, 6.45) is 0. The molecule has 4 N–H and O–H groups in total. The van der Waals surface area contributed by atoms with E-state index in [9.17, 15) is 14.0 Å². The van der Waals surface area contributed by atoms with E-state index in [1.165, 1.54) is 12.1 Å². The van der Waals surface area contributed by atoms with Crippen LogP contribution in [-0.2, 0) is 4.79 Å². The van der Waals surface area contributed by atoms with Crippen molar-refractivity contribution in [3.05, 3.63) is 29.0 Å². The van der Waals surface area contributed by atoms with Crippen LogP contribution in [0.4, 0.5) is 14.9 Å². The lowest BCUT2D eigenvalue weighted by molar-refractivity contribution is -0.118. The fraction of sp³-hybridized carbons (Fsp3) is 0.111. The average Bonchev–Trinajstić information content (AvgIpc) is 2.15. The van der Waals surface area contributed by atoms with Crippen molar-refractivity contribution in [3.63, 3.8) is 0 Å². The lowest BCUT2D eigenvalue weighted by Crippen LogP contribution is -2.38. The highest BCUT2D eigenvalue weighted by Crippen LogP contribution is 2.21. The molecule has 0 fully saturated rings. The number of anilines is 1. The molecule has 0 atom stereocenters. The number of amides is 3. The number of rotatable bonds is 3. The zero-order valence-corrected chi connectivity index (χ0v) is 8.84. The molecule has 0 aromatic heterocycles. The molecule has 0 heterocycles. The van der Waals surface area contributed by atoms with Gasteiger partial charge in [-0.05, 0) is 18.2 Å². The molecular weight excluding hydrogens is 237 g/mol. The predicted molar refractivity (Wildman–Crippen MR) is 57.6 cm³/mol. The third-order valence-electron chi connectivity index (χ3n) is 1.63. The molecule has 7 heteroatoms. The van der Waals surface area contributed by atoms with E-state index in [0.717, 1.165) is 6.07 Å². The first-order valence-electron chi connectivity index (χ1n) is 4.27. The fourth-order valence-corrected chi connectivity index (χ4v) is 1.22. The van der Waals surface area contributed by atoms with Gasteiger partial charge in [0.25, 0.3) is 0 Å². The van der Waals surface area contributed by atoms with Gasteiger partial charge in [0.2, 0.25) is 5.91 Å². The van der Waals surface area contributed by atoms with Crippen molar-refractivity contribution >= 4 is 29.2 Å². The standard InChI is InChI=1S/C9H9ClFN3O2/c10-6-3-5(11)1-2-7(6)13-4-8(15)14-9(12)16/h1-3,13H,4H2,(H3,12,14,15,16). The molecule has 1 rings (SSSR count). The number of primary amides is 1. The number of imide groups is 1. The Bertz CT molecular complexity index is 425. The molecule has 0 unspecified atom stereocenters. The number of urea groups is 1. The van der Waals surface area contributed by atoms with Crippen LogP contribution in [0.2, 0.25) is 5.02 Å². The van der Waals surface area contributed by atoms with Crippen LogP contribution in [0, 0.1) is 5.82 Å². The summed E-state index contributed by atoms with van der Waals surface area (Å²) in [5.74, 6) is -1.08. The van der Waals surface area contributed by atoms with Crippen LogP contribution < -0.4 is 16.4 Å². The van der Waals surface area contributed by atoms with Gasteiger partial charge >= 0.3 is 6.03 Å². The van der Waals surface area contributed by atoms with E-state index in [2.05, 4.69) is 5.32 Å². The van der Waals surface area contributed by atoms with Crippen LogP contribution in [0.3, 0.4) is 0 Å². The quantitative estimate of drug-likeness (QED) is 0.745. The molecule has 3 amide bonds. The van der Waals surface area contributed by atoms with Crippen molar-refractivity contribution in [2.24, 2.45) is 5.73 Å². The first kappa shape index (κ1) is 12.3. The van der Waals surface area contributed by atoms with Gasteiger partial charge in [-0.15, -0.1) is 0 Å². The van der Waals surface area contributed by atoms with Crippen LogP contribution in [0.5, 0.6) is 0 Å². The summed E-state index contributed by atoms with van der Waals surface area (Å²) in [4.78, 5) is 21.3. The maximum Gasteiger partial charge on any atom is 0.318 e. The number of carbonyl (C=O) groups is 2. The third-order valence-corrected chi connectivity index (χ3v) is 1.95. The molecule has 0 aliphatic rings. The second-order valence-corrected chi connectivity index (χ2v) is 3.30. The molecule has 0 saturated carbocycles. The van der Waals surface area contributed by atoms with Crippen molar-refractivity contribution < 1.29 is 14.0 Å². The van der Waals surface area contributed by atoms with E-state index in [1.807, 2.05) is 5.32 Å². The Morgan fingerprint density at radius 2 is 2.12 bits per heavy atom. The highest BCUT2D eigenvalue weighted by atomic mass is 35.5. The zero-order valence-electron chi connectivity index (χ0n) is 8.09. The van der Waals surface area contributed by atoms with E-state index < -0.39 is 17.8 Å². The Morgan fingerprint density at radius 1 is 1.44 bits per heavy atom. The lowest BCUT2D eigenvalue weighted by atomic mass is 10.3. The summed E-state index contributed by atoms with van der Waals surface area (Å²) in [6, 6.07) is 2.75. The molecule has 1 aromatic carbocycles. The second-order valence-electron chi connectivity index (χ2n) is 2.89. The second kappa shape index (κ2) is 5.32. The highest BCUT2D eigenvalue weighted by molar-refractivity contribution is 6.33. The Balaban J connectivity index is 2.54. The smallest absolute Gasteiger partial charge is 0.318 e. The van der Waals surface area contributed by atoms with Gasteiger partial charge in [-0.25, -0.2) is 9.18 Å². The molecule has 0 spiro atoms. The van der Waals surface area contributed by atoms with Crippen LogP contribution in [-0.4, -0.2) is 18.5 Å². The fourth-order valence-electron chi connectivity index (χ4n) is 0.990. The van der Waals surface area contributed by atoms with Gasteiger partial charge in [-0.3, -0.25) is 10.1 Å². The van der Waals surface area contributed by atoms with Crippen molar-refractivity contribution in [3.8, 4) is 0 Å². The minimum atomic E-state index is -0.933. The minimum absolute atomic E-state index is 0.145. The lowest BCUT2D eigenvalue weighted by Gasteiger charge is -2.07. The van der Waals surface area contributed by atoms with E-state index in [4.69, 9.17) is 17.3 Å². The molecular formula is C9H9ClFN3O2. The summed E-state index contributed by atoms with van der Waals surface area (Å²) >= 11 is 5.69. The zero-order chi connectivity index (χ0) is 12.1. The molecule has 0 saturated heterocycles. The molecule has 0 aliphatic heterocycles. The number of benzene rings is 1. The molecule has 0 bridgehead atoms. The maximum atomic E-state index is 12.7. The van der Waals surface area contributed by atoms with Gasteiger partial charge in [0.1, 0.15) is 5.82 Å². The number of carbonyl (C=O) groups excluding carboxylic acids is 2. The summed E-state index contributed by atoms with van der Waals surface area (Å²) in [7, 11) is 0. The number of hydrogen-bond donors (Lipinski definition) is 3. The Labute approximate surface area is 95.8 Å². The molecule has 5 nitrogen and oxygen atoms in total. The monoisotopic (exact) mass is 245 g/mol. The van der Waals surface area contributed by atoms with Gasteiger partial charge < -0.3 is 11.1 Å². The van der Waals surface area contributed by atoms with Crippen molar-refractivity contribution in [1.29, 1.82) is 0 Å². The van der Waals surface area contributed by atoms with Crippen molar-refractivity contribution in [1.82, 2.24) is 5.32 Å². The Kier molecular flexibility index (Phi) is 4.07. The molecule has 16 heavy (non-hydrogen) atoms. The normalized spacial score (nSPS) is 9.62. The maximum absolute atomic E-state index is 12.7. The predicted octanol–water partition coefficient (Wildman–Crippen LogP) is 1.09. The van der Waals surface area contributed by atoms with E-state index >= 15 is 0 Å². The first-order chi connectivity index (χ1) is 7.49. The largest absolute Gasteiger partial charge is 0.375 e. The van der Waals surface area contributed by atoms with E-state index in [-0.39, 0.29) is 11.6 Å². The van der Waals surface area contributed by atoms with Crippen LogP contribution >= 0.6 is 11.6 Å². The van der Waals surface area contributed by atoms with Gasteiger partial charge in [-0.1, -0.05) is 11.6 Å². The first-order valence-corrected chi connectivity index (χ1v) is 4.65. The van der Waals surface area contributed by atoms with Gasteiger partial charge in [0.05, 0.1) is 17.3 Å². The van der Waals surface area contributed by atoms with E-state index in [0.29, 0.717) is 5.69 Å². The number of hydrogen-bond acceptors (Lipinski definition) is 3. The molecule has 0 aliphatic carbocycles. The van der Waals surface area contributed by atoms with Crippen molar-refractivity contribution in [2.75, 3.05) is 11.9 Å². The molecule has 1 aromatic rings. The summed E-state index contributed by atoms with van der Waals surface area (Å²) in [6.45, 7) is -0.186. The third kappa shape index (κ3) is 3.74. The van der Waals surface area contributed by atoms with Crippen LogP contribution in [0.1, 0.15) is 0 Å². The van der Waals surface area contributed by atoms with Crippen LogP contribution in [0.25, 0.3) is 0 Å². The molecule has 0 radical (unpaired) electrons. The number of halogens is 2. The van der Waals surface area contributed by atoms with Gasteiger partial charge in [-0.2, -0.15) is 0 Å². The molecule has 86 valence electrons. The topological polar surface area (TPSA) is 84.2 Å². The number of nitrogens with one attached hydrogen (secondary N) is 2. The van der Waals surface area contributed by atoms with Crippen molar-refractivity contribution in [2.45, 2.75) is 0 Å². The summed E-state index contributed by atoms with van der Waals surface area (Å²) in [5, 5.41) is 4.64. The Morgan fingerprint density at radius 3 is 2.69 bits per heavy atom. The average molecular weight is 246 g/mol. The highest BCUT2D eigenvalue weighted by Gasteiger charge is 2.06. The van der Waals surface area contributed by atoms with E-state index in [1.54, 1.807) is 0 Å². The summed E-state index contributed by atoms with van der Waals surface area (Å²) in [5.41, 5.74) is 5.13. The summed E-state index contributed by atoms with van der Waals surface area (Å²) < 4.78 is 12.7. The van der Waals surface area contributed by atoms with Gasteiger partial charge in [0.15, 0.2) is 0 Å². The Hall–Kier alpha value is -1.82. The number of nitrogens with two attached hydrogens (primary N) is 1. The van der Waals surface area contributed by atoms with Crippen LogP contribution in [0.15, 0.2) is 18.2 Å².